The van der Waals surface area contributed by atoms with Gasteiger partial charge in [-0.3, -0.25) is 0 Å². The Bertz CT molecular complexity index is 1070. The van der Waals surface area contributed by atoms with Crippen molar-refractivity contribution < 1.29 is 4.74 Å². The summed E-state index contributed by atoms with van der Waals surface area (Å²) in [6, 6.07) is 28.0. The molecule has 0 amide bonds. The maximum absolute atomic E-state index is 6.17. The van der Waals surface area contributed by atoms with Crippen LogP contribution in [0.4, 0.5) is 22.7 Å². The minimum Gasteiger partial charge on any atom is -0.453 e. The van der Waals surface area contributed by atoms with Crippen LogP contribution in [0.5, 0.6) is 11.5 Å². The van der Waals surface area contributed by atoms with E-state index in [9.17, 15) is 0 Å². The normalized spacial score (nSPS) is 11.7. The summed E-state index contributed by atoms with van der Waals surface area (Å²) in [6.07, 6.45) is 0. The third-order valence-electron chi connectivity index (χ3n) is 4.94. The van der Waals surface area contributed by atoms with Gasteiger partial charge in [-0.15, -0.1) is 0 Å². The molecule has 0 atom stereocenters. The average Bonchev–Trinajstić information content (AvgIpc) is 2.72. The van der Waals surface area contributed by atoms with Gasteiger partial charge < -0.3 is 21.5 Å². The molecule has 4 aromatic carbocycles. The van der Waals surface area contributed by atoms with Crippen LogP contribution in [-0.2, 0) is 0 Å². The number of hydrogen-bond acceptors (Lipinski definition) is 4. The molecule has 28 heavy (non-hydrogen) atoms. The summed E-state index contributed by atoms with van der Waals surface area (Å²) in [5, 5.41) is 3.48. The summed E-state index contributed by atoms with van der Waals surface area (Å²) in [5.74, 6) is 1.61. The molecule has 0 aliphatic carbocycles. The van der Waals surface area contributed by atoms with Crippen LogP contribution in [0.25, 0.3) is 22.3 Å². The van der Waals surface area contributed by atoms with Crippen LogP contribution in [0.1, 0.15) is 0 Å². The van der Waals surface area contributed by atoms with Gasteiger partial charge in [-0.1, -0.05) is 36.4 Å². The van der Waals surface area contributed by atoms with Crippen molar-refractivity contribution in [3.8, 4) is 33.8 Å². The van der Waals surface area contributed by atoms with Crippen molar-refractivity contribution in [2.45, 2.75) is 0 Å². The van der Waals surface area contributed by atoms with Gasteiger partial charge in [-0.2, -0.15) is 0 Å². The van der Waals surface area contributed by atoms with Gasteiger partial charge in [0, 0.05) is 11.4 Å². The number of anilines is 4. The van der Waals surface area contributed by atoms with E-state index in [1.807, 2.05) is 66.7 Å². The zero-order chi connectivity index (χ0) is 19.1. The molecule has 1 aliphatic rings. The Morgan fingerprint density at radius 2 is 1.04 bits per heavy atom. The monoisotopic (exact) mass is 365 g/mol. The summed E-state index contributed by atoms with van der Waals surface area (Å²) < 4.78 is 6.17. The first-order chi connectivity index (χ1) is 13.7. The Kier molecular flexibility index (Phi) is 3.69. The van der Waals surface area contributed by atoms with Crippen LogP contribution < -0.4 is 21.5 Å². The third kappa shape index (κ3) is 2.91. The van der Waals surface area contributed by atoms with E-state index in [0.717, 1.165) is 56.5 Å². The lowest BCUT2D eigenvalue weighted by molar-refractivity contribution is 0.481. The largest absolute Gasteiger partial charge is 0.453 e. The molecule has 0 saturated heterocycles. The topological polar surface area (TPSA) is 73.3 Å². The zero-order valence-electron chi connectivity index (χ0n) is 15.1. The molecule has 5 N–H and O–H groups in total. The fraction of sp³-hybridized carbons (Fsp3) is 0. The lowest BCUT2D eigenvalue weighted by Crippen LogP contribution is -2.03. The van der Waals surface area contributed by atoms with Gasteiger partial charge in [0.25, 0.3) is 0 Å². The second kappa shape index (κ2) is 6.35. The van der Waals surface area contributed by atoms with E-state index in [-0.39, 0.29) is 0 Å². The number of ether oxygens (including phenoxy) is 1. The molecule has 4 aromatic rings. The van der Waals surface area contributed by atoms with Gasteiger partial charge in [0.15, 0.2) is 11.5 Å². The lowest BCUT2D eigenvalue weighted by Gasteiger charge is -2.23. The van der Waals surface area contributed by atoms with Gasteiger partial charge in [0.2, 0.25) is 0 Å². The van der Waals surface area contributed by atoms with Crippen molar-refractivity contribution in [3.63, 3.8) is 0 Å². The van der Waals surface area contributed by atoms with E-state index in [1.165, 1.54) is 0 Å². The standard InChI is InChI=1S/C24H19N3O/c25-19-7-1-15(2-8-19)17-6-12-23-22(13-17)27-21-11-5-18(14-24(21)28-23)16-3-9-20(26)10-4-16/h1-14,27H,25-26H2. The molecule has 5 rings (SSSR count). The number of fused-ring (bicyclic) bond motifs is 2. The fourth-order valence-electron chi connectivity index (χ4n) is 3.40. The van der Waals surface area contributed by atoms with Crippen LogP contribution >= 0.6 is 0 Å². The summed E-state index contributed by atoms with van der Waals surface area (Å²) in [5.41, 5.74) is 19.4. The van der Waals surface area contributed by atoms with E-state index < -0.39 is 0 Å². The first-order valence-electron chi connectivity index (χ1n) is 9.10. The van der Waals surface area contributed by atoms with Crippen molar-refractivity contribution in [1.29, 1.82) is 0 Å². The molecule has 0 saturated carbocycles. The number of hydrogen-bond donors (Lipinski definition) is 3. The average molecular weight is 365 g/mol. The number of nitrogens with two attached hydrogens (primary N) is 2. The van der Waals surface area contributed by atoms with E-state index in [1.54, 1.807) is 0 Å². The van der Waals surface area contributed by atoms with E-state index >= 15 is 0 Å². The molecule has 136 valence electrons. The predicted octanol–water partition coefficient (Wildman–Crippen LogP) is 6.03. The molecule has 0 bridgehead atoms. The minimum absolute atomic E-state index is 0.755. The van der Waals surface area contributed by atoms with E-state index in [0.29, 0.717) is 0 Å². The Balaban J connectivity index is 1.47. The van der Waals surface area contributed by atoms with Crippen molar-refractivity contribution in [2.75, 3.05) is 16.8 Å². The first kappa shape index (κ1) is 16.3. The molecule has 4 heteroatoms. The number of rotatable bonds is 2. The predicted molar refractivity (Wildman–Crippen MR) is 116 cm³/mol. The molecule has 0 unspecified atom stereocenters. The van der Waals surface area contributed by atoms with Crippen molar-refractivity contribution >= 4 is 22.7 Å². The Morgan fingerprint density at radius 1 is 0.500 bits per heavy atom. The molecular formula is C24H19N3O. The highest BCUT2D eigenvalue weighted by molar-refractivity contribution is 5.82. The summed E-state index contributed by atoms with van der Waals surface area (Å²) >= 11 is 0. The highest BCUT2D eigenvalue weighted by Gasteiger charge is 2.18. The van der Waals surface area contributed by atoms with Crippen molar-refractivity contribution in [3.05, 3.63) is 84.9 Å². The second-order valence-corrected chi connectivity index (χ2v) is 6.89. The molecule has 0 spiro atoms. The number of benzene rings is 4. The van der Waals surface area contributed by atoms with Crippen molar-refractivity contribution in [2.24, 2.45) is 0 Å². The molecule has 4 nitrogen and oxygen atoms in total. The summed E-state index contributed by atoms with van der Waals surface area (Å²) in [4.78, 5) is 0. The maximum Gasteiger partial charge on any atom is 0.151 e. The van der Waals surface area contributed by atoms with Crippen LogP contribution in [-0.4, -0.2) is 0 Å². The maximum atomic E-state index is 6.17. The zero-order valence-corrected chi connectivity index (χ0v) is 15.1. The molecule has 0 aromatic heterocycles. The molecule has 0 radical (unpaired) electrons. The van der Waals surface area contributed by atoms with Gasteiger partial charge >= 0.3 is 0 Å². The molecule has 0 fully saturated rings. The minimum atomic E-state index is 0.755. The van der Waals surface area contributed by atoms with E-state index in [4.69, 9.17) is 16.2 Å². The highest BCUT2D eigenvalue weighted by Crippen LogP contribution is 2.44. The Labute approximate surface area is 163 Å². The van der Waals surface area contributed by atoms with Crippen LogP contribution in [0, 0.1) is 0 Å². The summed E-state index contributed by atoms with van der Waals surface area (Å²) in [7, 11) is 0. The van der Waals surface area contributed by atoms with Gasteiger partial charge in [-0.25, -0.2) is 0 Å². The number of nitrogen functional groups attached to an aromatic ring is 2. The Morgan fingerprint density at radius 3 is 1.68 bits per heavy atom. The van der Waals surface area contributed by atoms with Crippen LogP contribution in [0.3, 0.4) is 0 Å². The fourth-order valence-corrected chi connectivity index (χ4v) is 3.40. The second-order valence-electron chi connectivity index (χ2n) is 6.89. The van der Waals surface area contributed by atoms with Gasteiger partial charge in [0.05, 0.1) is 11.4 Å². The smallest absolute Gasteiger partial charge is 0.151 e. The SMILES string of the molecule is Nc1ccc(-c2ccc3c(c2)Nc2ccc(-c4ccc(N)cc4)cc2O3)cc1. The quantitative estimate of drug-likeness (QED) is 0.334. The molecule has 1 heterocycles. The van der Waals surface area contributed by atoms with Gasteiger partial charge in [-0.05, 0) is 70.8 Å². The van der Waals surface area contributed by atoms with Crippen molar-refractivity contribution in [1.82, 2.24) is 0 Å². The number of nitrogens with one attached hydrogen (secondary N) is 1. The van der Waals surface area contributed by atoms with Crippen LogP contribution in [0.15, 0.2) is 84.9 Å². The Hall–Kier alpha value is -3.92. The lowest BCUT2D eigenvalue weighted by atomic mass is 10.0. The molecule has 1 aliphatic heterocycles. The highest BCUT2D eigenvalue weighted by atomic mass is 16.5. The van der Waals surface area contributed by atoms with Gasteiger partial charge in [0.1, 0.15) is 0 Å². The third-order valence-corrected chi connectivity index (χ3v) is 4.94. The first-order valence-corrected chi connectivity index (χ1v) is 9.10. The van der Waals surface area contributed by atoms with Crippen LogP contribution in [0.2, 0.25) is 0 Å². The van der Waals surface area contributed by atoms with E-state index in [2.05, 4.69) is 23.5 Å². The summed E-state index contributed by atoms with van der Waals surface area (Å²) in [6.45, 7) is 0. The molecular weight excluding hydrogens is 346 g/mol.